The summed E-state index contributed by atoms with van der Waals surface area (Å²) in [5, 5.41) is 2.80. The Morgan fingerprint density at radius 3 is 2.55 bits per heavy atom. The van der Waals surface area contributed by atoms with E-state index in [2.05, 4.69) is 5.32 Å². The van der Waals surface area contributed by atoms with Crippen molar-refractivity contribution >= 4 is 33.2 Å². The summed E-state index contributed by atoms with van der Waals surface area (Å²) in [6.07, 6.45) is 2.13. The summed E-state index contributed by atoms with van der Waals surface area (Å²) in [6.45, 7) is 2.00. The van der Waals surface area contributed by atoms with Crippen LogP contribution in [-0.4, -0.2) is 32.7 Å². The van der Waals surface area contributed by atoms with Crippen molar-refractivity contribution in [1.82, 2.24) is 4.31 Å². The molecule has 5 nitrogen and oxygen atoms in total. The number of nitrogens with one attached hydrogen (secondary N) is 1. The van der Waals surface area contributed by atoms with Gasteiger partial charge in [-0.1, -0.05) is 24.9 Å². The average molecular weight is 319 g/mol. The molecule has 0 radical (unpaired) electrons. The number of hydrogen-bond donors (Lipinski definition) is 1. The van der Waals surface area contributed by atoms with Crippen molar-refractivity contribution in [2.45, 2.75) is 31.1 Å². The summed E-state index contributed by atoms with van der Waals surface area (Å²) < 4.78 is 25.3. The van der Waals surface area contributed by atoms with E-state index in [1.807, 2.05) is 6.92 Å². The lowest BCUT2D eigenvalue weighted by molar-refractivity contribution is -0.116. The van der Waals surface area contributed by atoms with Crippen molar-refractivity contribution in [2.24, 2.45) is 0 Å². The van der Waals surface area contributed by atoms with Gasteiger partial charge in [-0.15, -0.1) is 0 Å². The van der Waals surface area contributed by atoms with Crippen LogP contribution < -0.4 is 5.32 Å². The fourth-order valence-electron chi connectivity index (χ4n) is 1.54. The van der Waals surface area contributed by atoms with Gasteiger partial charge < -0.3 is 5.32 Å². The smallest absolute Gasteiger partial charge is 0.244 e. The number of anilines is 1. The van der Waals surface area contributed by atoms with Gasteiger partial charge in [0.05, 0.1) is 5.02 Å². The lowest BCUT2D eigenvalue weighted by Gasteiger charge is -2.14. The lowest BCUT2D eigenvalue weighted by Crippen LogP contribution is -2.22. The number of nitrogens with zero attached hydrogens (tertiary/aromatic N) is 1. The van der Waals surface area contributed by atoms with E-state index in [9.17, 15) is 13.2 Å². The molecule has 0 aliphatic carbocycles. The number of carbonyl (C=O) groups is 1. The molecule has 1 N–H and O–H groups in total. The molecule has 0 saturated heterocycles. The second kappa shape index (κ2) is 7.06. The van der Waals surface area contributed by atoms with Gasteiger partial charge in [-0.2, -0.15) is 0 Å². The summed E-state index contributed by atoms with van der Waals surface area (Å²) in [6, 6.07) is 4.43. The van der Waals surface area contributed by atoms with Crippen LogP contribution in [0.1, 0.15) is 26.2 Å². The van der Waals surface area contributed by atoms with Crippen LogP contribution in [0.5, 0.6) is 0 Å². The van der Waals surface area contributed by atoms with Gasteiger partial charge >= 0.3 is 0 Å². The standard InChI is InChI=1S/C13H19ClN2O3S/c1-4-5-6-13(17)15-10-7-8-11(14)12(9-10)20(18,19)16(2)3/h7-9H,4-6H2,1-3H3,(H,15,17). The van der Waals surface area contributed by atoms with Gasteiger partial charge in [-0.05, 0) is 24.6 Å². The second-order valence-corrected chi connectivity index (χ2v) is 7.11. The minimum absolute atomic E-state index is 0.0162. The first kappa shape index (κ1) is 16.9. The summed E-state index contributed by atoms with van der Waals surface area (Å²) >= 11 is 5.93. The normalized spacial score (nSPS) is 11.7. The highest BCUT2D eigenvalue weighted by Gasteiger charge is 2.21. The third-order valence-electron chi connectivity index (χ3n) is 2.73. The summed E-state index contributed by atoms with van der Waals surface area (Å²) in [4.78, 5) is 11.6. The first-order chi connectivity index (χ1) is 9.28. The van der Waals surface area contributed by atoms with Crippen LogP contribution >= 0.6 is 11.6 Å². The van der Waals surface area contributed by atoms with E-state index >= 15 is 0 Å². The Labute approximate surface area is 125 Å². The molecular weight excluding hydrogens is 300 g/mol. The van der Waals surface area contributed by atoms with E-state index in [-0.39, 0.29) is 15.8 Å². The number of amides is 1. The molecule has 7 heteroatoms. The molecule has 0 aromatic heterocycles. The highest BCUT2D eigenvalue weighted by Crippen LogP contribution is 2.26. The molecule has 0 atom stereocenters. The summed E-state index contributed by atoms with van der Waals surface area (Å²) in [5.41, 5.74) is 0.427. The zero-order valence-electron chi connectivity index (χ0n) is 11.8. The van der Waals surface area contributed by atoms with Crippen LogP contribution in [-0.2, 0) is 14.8 Å². The van der Waals surface area contributed by atoms with Crippen LogP contribution in [0.4, 0.5) is 5.69 Å². The van der Waals surface area contributed by atoms with Gasteiger partial charge in [-0.25, -0.2) is 12.7 Å². The molecule has 0 spiro atoms. The van der Waals surface area contributed by atoms with Crippen LogP contribution in [0, 0.1) is 0 Å². The van der Waals surface area contributed by atoms with Crippen molar-refractivity contribution in [2.75, 3.05) is 19.4 Å². The van der Waals surface area contributed by atoms with Crippen molar-refractivity contribution < 1.29 is 13.2 Å². The molecular formula is C13H19ClN2O3S. The van der Waals surface area contributed by atoms with Crippen LogP contribution in [0.3, 0.4) is 0 Å². The number of halogens is 1. The Morgan fingerprint density at radius 1 is 1.35 bits per heavy atom. The van der Waals surface area contributed by atoms with Crippen LogP contribution in [0.2, 0.25) is 5.02 Å². The van der Waals surface area contributed by atoms with E-state index in [1.54, 1.807) is 6.07 Å². The summed E-state index contributed by atoms with van der Waals surface area (Å²) in [7, 11) is -0.775. The molecule has 0 fully saturated rings. The lowest BCUT2D eigenvalue weighted by atomic mass is 10.2. The molecule has 1 amide bonds. The first-order valence-electron chi connectivity index (χ1n) is 6.31. The maximum atomic E-state index is 12.1. The van der Waals surface area contributed by atoms with Crippen molar-refractivity contribution in [3.63, 3.8) is 0 Å². The number of benzene rings is 1. The largest absolute Gasteiger partial charge is 0.326 e. The number of unbranched alkanes of at least 4 members (excludes halogenated alkanes) is 1. The van der Waals surface area contributed by atoms with Gasteiger partial charge in [0.2, 0.25) is 15.9 Å². The third-order valence-corrected chi connectivity index (χ3v) is 5.03. The fraction of sp³-hybridized carbons (Fsp3) is 0.462. The molecule has 1 rings (SSSR count). The quantitative estimate of drug-likeness (QED) is 0.877. The molecule has 112 valence electrons. The molecule has 20 heavy (non-hydrogen) atoms. The summed E-state index contributed by atoms with van der Waals surface area (Å²) in [5.74, 6) is -0.137. The Kier molecular flexibility index (Phi) is 5.98. The fourth-order valence-corrected chi connectivity index (χ4v) is 2.93. The van der Waals surface area contributed by atoms with Gasteiger partial charge in [0.1, 0.15) is 4.90 Å². The monoisotopic (exact) mass is 318 g/mol. The molecule has 0 aliphatic rings. The topological polar surface area (TPSA) is 66.5 Å². The molecule has 0 saturated carbocycles. The van der Waals surface area contributed by atoms with Crippen molar-refractivity contribution in [1.29, 1.82) is 0 Å². The molecule has 0 unspecified atom stereocenters. The van der Waals surface area contributed by atoms with Gasteiger partial charge in [0.25, 0.3) is 0 Å². The second-order valence-electron chi connectivity index (χ2n) is 4.58. The highest BCUT2D eigenvalue weighted by molar-refractivity contribution is 7.89. The van der Waals surface area contributed by atoms with E-state index in [1.165, 1.54) is 26.2 Å². The number of sulfonamides is 1. The van der Waals surface area contributed by atoms with E-state index in [0.29, 0.717) is 12.1 Å². The predicted molar refractivity (Wildman–Crippen MR) is 80.5 cm³/mol. The number of carbonyl (C=O) groups excluding carboxylic acids is 1. The Bertz CT molecular complexity index is 585. The maximum Gasteiger partial charge on any atom is 0.244 e. The molecule has 1 aromatic rings. The zero-order valence-corrected chi connectivity index (χ0v) is 13.4. The van der Waals surface area contributed by atoms with Gasteiger partial charge in [0.15, 0.2) is 0 Å². The molecule has 1 aromatic carbocycles. The maximum absolute atomic E-state index is 12.1. The first-order valence-corrected chi connectivity index (χ1v) is 8.12. The van der Waals surface area contributed by atoms with Crippen LogP contribution in [0.15, 0.2) is 23.1 Å². The van der Waals surface area contributed by atoms with E-state index < -0.39 is 10.0 Å². The number of rotatable bonds is 6. The van der Waals surface area contributed by atoms with Gasteiger partial charge in [-0.3, -0.25) is 4.79 Å². The minimum Gasteiger partial charge on any atom is -0.326 e. The highest BCUT2D eigenvalue weighted by atomic mass is 35.5. The Hall–Kier alpha value is -1.11. The molecule has 0 aliphatic heterocycles. The predicted octanol–water partition coefficient (Wildman–Crippen LogP) is 2.72. The SMILES string of the molecule is CCCCC(=O)Nc1ccc(Cl)c(S(=O)(=O)N(C)C)c1. The Balaban J connectivity index is 3.01. The molecule has 0 heterocycles. The van der Waals surface area contributed by atoms with Gasteiger partial charge in [0, 0.05) is 26.2 Å². The van der Waals surface area contributed by atoms with E-state index in [0.717, 1.165) is 17.1 Å². The molecule has 0 bridgehead atoms. The van der Waals surface area contributed by atoms with Crippen molar-refractivity contribution in [3.05, 3.63) is 23.2 Å². The van der Waals surface area contributed by atoms with Crippen molar-refractivity contribution in [3.8, 4) is 0 Å². The van der Waals surface area contributed by atoms with Crippen LogP contribution in [0.25, 0.3) is 0 Å². The van der Waals surface area contributed by atoms with E-state index in [4.69, 9.17) is 11.6 Å². The third kappa shape index (κ3) is 4.19. The average Bonchev–Trinajstić information content (AvgIpc) is 2.38. The number of hydrogen-bond acceptors (Lipinski definition) is 3. The zero-order chi connectivity index (χ0) is 15.3. The minimum atomic E-state index is -3.63. The Morgan fingerprint density at radius 2 is 2.00 bits per heavy atom.